The van der Waals surface area contributed by atoms with E-state index in [0.29, 0.717) is 22.5 Å². The van der Waals surface area contributed by atoms with Crippen molar-refractivity contribution in [1.29, 1.82) is 0 Å². The van der Waals surface area contributed by atoms with Crippen molar-refractivity contribution < 1.29 is 4.79 Å². The molecule has 1 fully saturated rings. The molecule has 7 heteroatoms. The quantitative estimate of drug-likeness (QED) is 0.313. The maximum absolute atomic E-state index is 13.8. The Kier molecular flexibility index (Phi) is 5.86. The Hall–Kier alpha value is -4.26. The van der Waals surface area contributed by atoms with Gasteiger partial charge in [0, 0.05) is 22.7 Å². The number of carbonyl (C=O) groups excluding carboxylic acids is 1. The Labute approximate surface area is 220 Å². The van der Waals surface area contributed by atoms with Crippen molar-refractivity contribution >= 4 is 22.3 Å². The van der Waals surface area contributed by atoms with E-state index >= 15 is 0 Å². The standard InChI is InChI=1S/C31H31N5O2/c1-19(2)26-27(29(37)34-31(14-7-8-15-31)22-11-5-4-6-12-22)35-36-18-25(33-30(38)28(26)36)21-16-23-20(3)10-9-13-24(23)32-17-21/h4-6,9-13,16-19H,7-8,14-15H2,1-3H3,(H,33,38)(H,34,37). The zero-order valence-corrected chi connectivity index (χ0v) is 21.9. The number of aryl methyl sites for hydroxylation is 1. The van der Waals surface area contributed by atoms with Crippen LogP contribution in [0, 0.1) is 6.92 Å². The van der Waals surface area contributed by atoms with Gasteiger partial charge in [0.25, 0.3) is 11.5 Å². The molecule has 192 valence electrons. The molecule has 2 N–H and O–H groups in total. The highest BCUT2D eigenvalue weighted by molar-refractivity contribution is 5.96. The lowest BCUT2D eigenvalue weighted by atomic mass is 9.87. The minimum atomic E-state index is -0.422. The second-order valence-corrected chi connectivity index (χ2v) is 10.7. The Morgan fingerprint density at radius 3 is 2.58 bits per heavy atom. The number of amides is 1. The van der Waals surface area contributed by atoms with E-state index < -0.39 is 5.54 Å². The number of nitrogens with one attached hydrogen (secondary N) is 2. The Bertz CT molecular complexity index is 1730. The number of H-pyrrole nitrogens is 1. The van der Waals surface area contributed by atoms with Crippen LogP contribution in [0.4, 0.5) is 0 Å². The van der Waals surface area contributed by atoms with E-state index in [4.69, 9.17) is 5.10 Å². The summed E-state index contributed by atoms with van der Waals surface area (Å²) in [4.78, 5) is 34.8. The van der Waals surface area contributed by atoms with Gasteiger partial charge in [0.05, 0.1) is 22.9 Å². The molecular formula is C31H31N5O2. The van der Waals surface area contributed by atoms with E-state index in [-0.39, 0.29) is 17.4 Å². The predicted molar refractivity (Wildman–Crippen MR) is 149 cm³/mol. The van der Waals surface area contributed by atoms with E-state index in [1.54, 1.807) is 16.9 Å². The van der Waals surface area contributed by atoms with Gasteiger partial charge in [-0.2, -0.15) is 5.10 Å². The number of pyridine rings is 1. The van der Waals surface area contributed by atoms with E-state index in [9.17, 15) is 9.59 Å². The second kappa shape index (κ2) is 9.24. The predicted octanol–water partition coefficient (Wildman–Crippen LogP) is 5.87. The van der Waals surface area contributed by atoms with Crippen LogP contribution in [0.2, 0.25) is 0 Å². The van der Waals surface area contributed by atoms with Crippen LogP contribution in [0.15, 0.2) is 71.8 Å². The van der Waals surface area contributed by atoms with Crippen molar-refractivity contribution in [2.75, 3.05) is 0 Å². The maximum Gasteiger partial charge on any atom is 0.274 e. The number of hydrogen-bond donors (Lipinski definition) is 2. The number of aromatic nitrogens is 4. The average Bonchev–Trinajstić information content (AvgIpc) is 3.55. The summed E-state index contributed by atoms with van der Waals surface area (Å²) in [5, 5.41) is 9.05. The number of benzene rings is 2. The van der Waals surface area contributed by atoms with Crippen LogP contribution in [0.3, 0.4) is 0 Å². The first-order chi connectivity index (χ1) is 18.4. The summed E-state index contributed by atoms with van der Waals surface area (Å²) in [5.41, 5.74) is 5.17. The fourth-order valence-corrected chi connectivity index (χ4v) is 5.91. The summed E-state index contributed by atoms with van der Waals surface area (Å²) < 4.78 is 1.56. The molecule has 38 heavy (non-hydrogen) atoms. The van der Waals surface area contributed by atoms with Gasteiger partial charge in [-0.25, -0.2) is 4.52 Å². The van der Waals surface area contributed by atoms with E-state index in [1.165, 1.54) is 0 Å². The highest BCUT2D eigenvalue weighted by Gasteiger charge is 2.38. The summed E-state index contributed by atoms with van der Waals surface area (Å²) in [6, 6.07) is 18.2. The average molecular weight is 506 g/mol. The van der Waals surface area contributed by atoms with Gasteiger partial charge in [0.1, 0.15) is 5.52 Å². The largest absolute Gasteiger partial charge is 0.341 e. The smallest absolute Gasteiger partial charge is 0.274 e. The maximum atomic E-state index is 13.8. The van der Waals surface area contributed by atoms with E-state index in [0.717, 1.165) is 53.3 Å². The molecule has 0 saturated heterocycles. The molecular weight excluding hydrogens is 474 g/mol. The van der Waals surface area contributed by atoms with Gasteiger partial charge >= 0.3 is 0 Å². The van der Waals surface area contributed by atoms with Gasteiger partial charge < -0.3 is 10.3 Å². The molecule has 2 aromatic carbocycles. The third kappa shape index (κ3) is 3.99. The van der Waals surface area contributed by atoms with Gasteiger partial charge in [0.2, 0.25) is 0 Å². The number of fused-ring (bicyclic) bond motifs is 2. The van der Waals surface area contributed by atoms with Crippen molar-refractivity contribution in [3.05, 3.63) is 99.7 Å². The molecule has 0 spiro atoms. The van der Waals surface area contributed by atoms with Crippen LogP contribution in [0.1, 0.15) is 72.6 Å². The minimum Gasteiger partial charge on any atom is -0.341 e. The Morgan fingerprint density at radius 2 is 1.84 bits per heavy atom. The number of nitrogens with zero attached hydrogens (tertiary/aromatic N) is 3. The van der Waals surface area contributed by atoms with Crippen molar-refractivity contribution in [3.8, 4) is 11.3 Å². The van der Waals surface area contributed by atoms with Crippen LogP contribution in [0.5, 0.6) is 0 Å². The summed E-state index contributed by atoms with van der Waals surface area (Å²) in [6.07, 6.45) is 7.41. The molecule has 7 nitrogen and oxygen atoms in total. The Morgan fingerprint density at radius 1 is 1.08 bits per heavy atom. The van der Waals surface area contributed by atoms with Gasteiger partial charge in [0.15, 0.2) is 5.69 Å². The monoisotopic (exact) mass is 505 g/mol. The van der Waals surface area contributed by atoms with Crippen molar-refractivity contribution in [3.63, 3.8) is 0 Å². The zero-order chi connectivity index (χ0) is 26.4. The van der Waals surface area contributed by atoms with Crippen molar-refractivity contribution in [2.24, 2.45) is 0 Å². The van der Waals surface area contributed by atoms with Gasteiger partial charge in [-0.3, -0.25) is 14.6 Å². The lowest BCUT2D eigenvalue weighted by Gasteiger charge is -2.31. The lowest BCUT2D eigenvalue weighted by molar-refractivity contribution is 0.0891. The molecule has 0 unspecified atom stereocenters. The first-order valence-electron chi connectivity index (χ1n) is 13.3. The summed E-state index contributed by atoms with van der Waals surface area (Å²) in [7, 11) is 0. The summed E-state index contributed by atoms with van der Waals surface area (Å²) >= 11 is 0. The zero-order valence-electron chi connectivity index (χ0n) is 21.9. The van der Waals surface area contributed by atoms with Gasteiger partial charge in [-0.05, 0) is 48.9 Å². The molecule has 3 heterocycles. The minimum absolute atomic E-state index is 0.0681. The normalized spacial score (nSPS) is 14.9. The first kappa shape index (κ1) is 24.1. The molecule has 0 bridgehead atoms. The second-order valence-electron chi connectivity index (χ2n) is 10.7. The van der Waals surface area contributed by atoms with Crippen LogP contribution in [0.25, 0.3) is 27.7 Å². The number of carbonyl (C=O) groups is 1. The van der Waals surface area contributed by atoms with Crippen molar-refractivity contribution in [1.82, 2.24) is 24.9 Å². The summed E-state index contributed by atoms with van der Waals surface area (Å²) in [6.45, 7) is 6.01. The SMILES string of the molecule is Cc1cccc2ncc(-c3cn4nc(C(=O)NC5(c6ccccc6)CCCC5)c(C(C)C)c4c(=O)[nH]3)cc12. The molecule has 3 aromatic heterocycles. The number of aromatic amines is 1. The van der Waals surface area contributed by atoms with Crippen molar-refractivity contribution in [2.45, 2.75) is 57.9 Å². The van der Waals surface area contributed by atoms with E-state index in [1.807, 2.05) is 63.2 Å². The van der Waals surface area contributed by atoms with Gasteiger partial charge in [-0.15, -0.1) is 0 Å². The van der Waals surface area contributed by atoms with Crippen LogP contribution in [-0.4, -0.2) is 25.5 Å². The highest BCUT2D eigenvalue weighted by atomic mass is 16.2. The topological polar surface area (TPSA) is 92.2 Å². The lowest BCUT2D eigenvalue weighted by Crippen LogP contribution is -2.44. The number of rotatable bonds is 5. The molecule has 0 atom stereocenters. The third-order valence-electron chi connectivity index (χ3n) is 7.85. The molecule has 1 saturated carbocycles. The molecule has 6 rings (SSSR count). The molecule has 5 aromatic rings. The molecule has 1 aliphatic carbocycles. The fraction of sp³-hybridized carbons (Fsp3) is 0.290. The summed E-state index contributed by atoms with van der Waals surface area (Å²) in [5.74, 6) is -0.312. The molecule has 0 radical (unpaired) electrons. The molecule has 1 aliphatic rings. The number of hydrogen-bond acceptors (Lipinski definition) is 4. The highest BCUT2D eigenvalue weighted by Crippen LogP contribution is 2.39. The Balaban J connectivity index is 1.45. The molecule has 1 amide bonds. The first-order valence-corrected chi connectivity index (χ1v) is 13.3. The van der Waals surface area contributed by atoms with E-state index in [2.05, 4.69) is 27.4 Å². The fourth-order valence-electron chi connectivity index (χ4n) is 5.91. The third-order valence-corrected chi connectivity index (χ3v) is 7.85. The van der Waals surface area contributed by atoms with Crippen LogP contribution >= 0.6 is 0 Å². The molecule has 0 aliphatic heterocycles. The van der Waals surface area contributed by atoms with Crippen LogP contribution in [-0.2, 0) is 5.54 Å². The van der Waals surface area contributed by atoms with Gasteiger partial charge in [-0.1, -0.05) is 69.2 Å². The van der Waals surface area contributed by atoms with Crippen LogP contribution < -0.4 is 10.9 Å².